The first-order valence-corrected chi connectivity index (χ1v) is 8.99. The Bertz CT molecular complexity index is 940. The highest BCUT2D eigenvalue weighted by Gasteiger charge is 2.11. The standard InChI is InChI=1S/C18H15ClN4O2S/c1-11(24)21-9-12-2-4-13(5-3-12)16-10-26-18(22-16)23-17(25)15-8-14(19)6-7-20-15/h2-8,10H,9H2,1H3,(H,21,24)(H,22,23,25). The van der Waals surface area contributed by atoms with Crippen molar-refractivity contribution >= 4 is 39.9 Å². The van der Waals surface area contributed by atoms with Gasteiger partial charge in [-0.1, -0.05) is 35.9 Å². The fourth-order valence-electron chi connectivity index (χ4n) is 2.17. The molecule has 0 atom stereocenters. The molecule has 0 aliphatic heterocycles. The Labute approximate surface area is 159 Å². The zero-order valence-electron chi connectivity index (χ0n) is 13.8. The summed E-state index contributed by atoms with van der Waals surface area (Å²) in [6, 6.07) is 10.8. The molecule has 6 nitrogen and oxygen atoms in total. The van der Waals surface area contributed by atoms with E-state index < -0.39 is 0 Å². The van der Waals surface area contributed by atoms with Gasteiger partial charge in [0.05, 0.1) is 5.69 Å². The first kappa shape index (κ1) is 18.0. The SMILES string of the molecule is CC(=O)NCc1ccc(-c2csc(NC(=O)c3cc(Cl)ccn3)n2)cc1. The van der Waals surface area contributed by atoms with E-state index >= 15 is 0 Å². The normalized spacial score (nSPS) is 10.4. The predicted octanol–water partition coefficient (Wildman–Crippen LogP) is 3.75. The van der Waals surface area contributed by atoms with Crippen molar-refractivity contribution in [2.75, 3.05) is 5.32 Å². The van der Waals surface area contributed by atoms with Crippen molar-refractivity contribution in [2.24, 2.45) is 0 Å². The van der Waals surface area contributed by atoms with Crippen molar-refractivity contribution in [3.05, 3.63) is 64.3 Å². The van der Waals surface area contributed by atoms with Gasteiger partial charge in [0.25, 0.3) is 5.91 Å². The smallest absolute Gasteiger partial charge is 0.276 e. The number of thiazole rings is 1. The molecule has 0 unspecified atom stereocenters. The largest absolute Gasteiger partial charge is 0.352 e. The first-order chi connectivity index (χ1) is 12.5. The molecule has 2 amide bonds. The lowest BCUT2D eigenvalue weighted by Gasteiger charge is -2.03. The molecule has 26 heavy (non-hydrogen) atoms. The number of nitrogens with one attached hydrogen (secondary N) is 2. The van der Waals surface area contributed by atoms with Gasteiger partial charge in [-0.3, -0.25) is 19.9 Å². The fraction of sp³-hybridized carbons (Fsp3) is 0.111. The summed E-state index contributed by atoms with van der Waals surface area (Å²) >= 11 is 7.20. The molecular weight excluding hydrogens is 372 g/mol. The maximum atomic E-state index is 12.2. The van der Waals surface area contributed by atoms with E-state index in [1.165, 1.54) is 30.5 Å². The predicted molar refractivity (Wildman–Crippen MR) is 102 cm³/mol. The second-order valence-corrected chi connectivity index (χ2v) is 6.75. The van der Waals surface area contributed by atoms with E-state index in [9.17, 15) is 9.59 Å². The van der Waals surface area contributed by atoms with Crippen LogP contribution in [0.2, 0.25) is 5.02 Å². The summed E-state index contributed by atoms with van der Waals surface area (Å²) in [5.41, 5.74) is 2.92. The zero-order valence-corrected chi connectivity index (χ0v) is 15.4. The molecule has 1 aromatic carbocycles. The molecule has 2 heterocycles. The number of carbonyl (C=O) groups excluding carboxylic acids is 2. The van der Waals surface area contributed by atoms with Gasteiger partial charge in [0.15, 0.2) is 5.13 Å². The van der Waals surface area contributed by atoms with E-state index in [-0.39, 0.29) is 17.5 Å². The summed E-state index contributed by atoms with van der Waals surface area (Å²) in [6.45, 7) is 1.97. The third kappa shape index (κ3) is 4.65. The van der Waals surface area contributed by atoms with Crippen LogP contribution >= 0.6 is 22.9 Å². The minimum atomic E-state index is -0.362. The van der Waals surface area contributed by atoms with Crippen LogP contribution in [0.3, 0.4) is 0 Å². The molecule has 0 radical (unpaired) electrons. The molecule has 2 aromatic heterocycles. The topological polar surface area (TPSA) is 84.0 Å². The number of hydrogen-bond acceptors (Lipinski definition) is 5. The lowest BCUT2D eigenvalue weighted by Crippen LogP contribution is -2.18. The monoisotopic (exact) mass is 386 g/mol. The van der Waals surface area contributed by atoms with Gasteiger partial charge >= 0.3 is 0 Å². The first-order valence-electron chi connectivity index (χ1n) is 7.73. The van der Waals surface area contributed by atoms with E-state index in [2.05, 4.69) is 20.6 Å². The molecule has 0 aliphatic rings. The minimum absolute atomic E-state index is 0.0665. The number of pyridine rings is 1. The van der Waals surface area contributed by atoms with Gasteiger partial charge in [-0.05, 0) is 17.7 Å². The van der Waals surface area contributed by atoms with E-state index in [0.29, 0.717) is 16.7 Å². The van der Waals surface area contributed by atoms with Crippen LogP contribution in [0.25, 0.3) is 11.3 Å². The number of anilines is 1. The maximum Gasteiger partial charge on any atom is 0.276 e. The van der Waals surface area contributed by atoms with Crippen molar-refractivity contribution in [1.29, 1.82) is 0 Å². The number of nitrogens with zero attached hydrogens (tertiary/aromatic N) is 2. The number of rotatable bonds is 5. The summed E-state index contributed by atoms with van der Waals surface area (Å²) in [6.07, 6.45) is 1.48. The summed E-state index contributed by atoms with van der Waals surface area (Å²) in [5.74, 6) is -0.429. The van der Waals surface area contributed by atoms with Crippen LogP contribution in [-0.2, 0) is 11.3 Å². The Morgan fingerprint density at radius 1 is 1.19 bits per heavy atom. The van der Waals surface area contributed by atoms with Crippen molar-refractivity contribution in [2.45, 2.75) is 13.5 Å². The van der Waals surface area contributed by atoms with Crippen molar-refractivity contribution in [3.8, 4) is 11.3 Å². The van der Waals surface area contributed by atoms with Crippen LogP contribution in [0.15, 0.2) is 48.0 Å². The highest BCUT2D eigenvalue weighted by Crippen LogP contribution is 2.25. The van der Waals surface area contributed by atoms with E-state index in [4.69, 9.17) is 11.6 Å². The molecule has 0 spiro atoms. The number of halogens is 1. The Morgan fingerprint density at radius 2 is 1.96 bits per heavy atom. The molecule has 132 valence electrons. The third-order valence-electron chi connectivity index (χ3n) is 3.47. The maximum absolute atomic E-state index is 12.2. The number of hydrogen-bond donors (Lipinski definition) is 2. The minimum Gasteiger partial charge on any atom is -0.352 e. The fourth-order valence-corrected chi connectivity index (χ4v) is 3.05. The number of carbonyl (C=O) groups is 2. The molecule has 0 saturated carbocycles. The second-order valence-electron chi connectivity index (χ2n) is 5.46. The van der Waals surface area contributed by atoms with Crippen LogP contribution in [0.4, 0.5) is 5.13 Å². The molecule has 8 heteroatoms. The number of amides is 2. The summed E-state index contributed by atoms with van der Waals surface area (Å²) in [4.78, 5) is 31.6. The van der Waals surface area contributed by atoms with Crippen LogP contribution in [0.5, 0.6) is 0 Å². The summed E-state index contributed by atoms with van der Waals surface area (Å²) in [7, 11) is 0. The van der Waals surface area contributed by atoms with Crippen molar-refractivity contribution in [1.82, 2.24) is 15.3 Å². The van der Waals surface area contributed by atoms with E-state index in [0.717, 1.165) is 16.8 Å². The number of benzene rings is 1. The molecule has 3 rings (SSSR count). The van der Waals surface area contributed by atoms with E-state index in [1.54, 1.807) is 6.07 Å². The Kier molecular flexibility index (Phi) is 5.60. The van der Waals surface area contributed by atoms with E-state index in [1.807, 2.05) is 29.6 Å². The Balaban J connectivity index is 1.67. The number of aromatic nitrogens is 2. The van der Waals surface area contributed by atoms with Crippen LogP contribution in [0, 0.1) is 0 Å². The van der Waals surface area contributed by atoms with Gasteiger partial charge < -0.3 is 5.32 Å². The Hall–Kier alpha value is -2.77. The molecule has 0 aliphatic carbocycles. The van der Waals surface area contributed by atoms with Crippen molar-refractivity contribution in [3.63, 3.8) is 0 Å². The second kappa shape index (κ2) is 8.07. The quantitative estimate of drug-likeness (QED) is 0.699. The molecule has 0 fully saturated rings. The van der Waals surface area contributed by atoms with Crippen LogP contribution in [0.1, 0.15) is 23.0 Å². The summed E-state index contributed by atoms with van der Waals surface area (Å²) < 4.78 is 0. The molecule has 0 saturated heterocycles. The molecule has 2 N–H and O–H groups in total. The molecule has 0 bridgehead atoms. The van der Waals surface area contributed by atoms with Gasteiger partial charge in [0.1, 0.15) is 5.69 Å². The third-order valence-corrected chi connectivity index (χ3v) is 4.46. The zero-order chi connectivity index (χ0) is 18.5. The average Bonchev–Trinajstić information content (AvgIpc) is 3.09. The summed E-state index contributed by atoms with van der Waals surface area (Å²) in [5, 5.41) is 8.26. The molecular formula is C18H15ClN4O2S. The molecule has 3 aromatic rings. The highest BCUT2D eigenvalue weighted by molar-refractivity contribution is 7.14. The Morgan fingerprint density at radius 3 is 2.65 bits per heavy atom. The lowest BCUT2D eigenvalue weighted by molar-refractivity contribution is -0.119. The highest BCUT2D eigenvalue weighted by atomic mass is 35.5. The van der Waals surface area contributed by atoms with Gasteiger partial charge in [0, 0.05) is 35.6 Å². The van der Waals surface area contributed by atoms with Gasteiger partial charge in [-0.2, -0.15) is 0 Å². The van der Waals surface area contributed by atoms with Crippen molar-refractivity contribution < 1.29 is 9.59 Å². The van der Waals surface area contributed by atoms with Gasteiger partial charge in [0.2, 0.25) is 5.91 Å². The average molecular weight is 387 g/mol. The lowest BCUT2D eigenvalue weighted by atomic mass is 10.1. The van der Waals surface area contributed by atoms with Gasteiger partial charge in [-0.15, -0.1) is 11.3 Å². The van der Waals surface area contributed by atoms with Crippen LogP contribution < -0.4 is 10.6 Å². The van der Waals surface area contributed by atoms with Gasteiger partial charge in [-0.25, -0.2) is 4.98 Å². The van der Waals surface area contributed by atoms with Crippen LogP contribution in [-0.4, -0.2) is 21.8 Å².